The zero-order valence-corrected chi connectivity index (χ0v) is 11.6. The standard InChI is InChI=1S/C15H23N3O/c1-18(14-9-7-12(16)8-10-14)15(19)11-17-13-5-3-2-4-6-13/h7-10,13,17H,2-6,11,16H2,1H3. The molecule has 3 N–H and O–H groups in total. The summed E-state index contributed by atoms with van der Waals surface area (Å²) in [5.74, 6) is 0.0929. The summed E-state index contributed by atoms with van der Waals surface area (Å²) in [6.45, 7) is 0.408. The topological polar surface area (TPSA) is 58.4 Å². The normalized spacial score (nSPS) is 16.3. The van der Waals surface area contributed by atoms with Crippen molar-refractivity contribution >= 4 is 17.3 Å². The van der Waals surface area contributed by atoms with Gasteiger partial charge in [-0.1, -0.05) is 19.3 Å². The van der Waals surface area contributed by atoms with Gasteiger partial charge in [-0.15, -0.1) is 0 Å². The third-order valence-electron chi connectivity index (χ3n) is 3.80. The second-order valence-corrected chi connectivity index (χ2v) is 5.26. The van der Waals surface area contributed by atoms with Gasteiger partial charge in [0.15, 0.2) is 0 Å². The molecule has 4 nitrogen and oxygen atoms in total. The van der Waals surface area contributed by atoms with Crippen molar-refractivity contribution in [1.82, 2.24) is 5.32 Å². The first-order valence-electron chi connectivity index (χ1n) is 7.02. The van der Waals surface area contributed by atoms with Gasteiger partial charge in [0.2, 0.25) is 5.91 Å². The lowest BCUT2D eigenvalue weighted by Crippen LogP contribution is -2.40. The van der Waals surface area contributed by atoms with E-state index in [1.807, 2.05) is 24.3 Å². The van der Waals surface area contributed by atoms with E-state index in [9.17, 15) is 4.79 Å². The zero-order valence-electron chi connectivity index (χ0n) is 11.6. The van der Waals surface area contributed by atoms with Crippen molar-refractivity contribution in [2.45, 2.75) is 38.1 Å². The summed E-state index contributed by atoms with van der Waals surface area (Å²) >= 11 is 0. The highest BCUT2D eigenvalue weighted by molar-refractivity contribution is 5.94. The molecule has 1 saturated carbocycles. The first-order chi connectivity index (χ1) is 9.16. The number of hydrogen-bond acceptors (Lipinski definition) is 3. The fourth-order valence-corrected chi connectivity index (χ4v) is 2.50. The van der Waals surface area contributed by atoms with Crippen molar-refractivity contribution in [1.29, 1.82) is 0 Å². The van der Waals surface area contributed by atoms with Crippen LogP contribution in [-0.2, 0) is 4.79 Å². The van der Waals surface area contributed by atoms with E-state index < -0.39 is 0 Å². The Labute approximate surface area is 115 Å². The minimum absolute atomic E-state index is 0.0929. The predicted molar refractivity (Wildman–Crippen MR) is 79.1 cm³/mol. The summed E-state index contributed by atoms with van der Waals surface area (Å²) in [5.41, 5.74) is 7.24. The van der Waals surface area contributed by atoms with Gasteiger partial charge in [0.05, 0.1) is 6.54 Å². The Morgan fingerprint density at radius 2 is 1.89 bits per heavy atom. The number of amides is 1. The number of rotatable bonds is 4. The SMILES string of the molecule is CN(C(=O)CNC1CCCCC1)c1ccc(N)cc1. The van der Waals surface area contributed by atoms with Gasteiger partial charge in [-0.05, 0) is 37.1 Å². The Kier molecular flexibility index (Phi) is 4.80. The number of nitrogens with zero attached hydrogens (tertiary/aromatic N) is 1. The minimum Gasteiger partial charge on any atom is -0.399 e. The van der Waals surface area contributed by atoms with E-state index >= 15 is 0 Å². The summed E-state index contributed by atoms with van der Waals surface area (Å²) in [6.07, 6.45) is 6.27. The number of nitrogens with two attached hydrogens (primary N) is 1. The molecule has 1 aliphatic rings. The van der Waals surface area contributed by atoms with Gasteiger partial charge in [-0.3, -0.25) is 4.79 Å². The fraction of sp³-hybridized carbons (Fsp3) is 0.533. The molecule has 1 fully saturated rings. The molecule has 1 aromatic carbocycles. The van der Waals surface area contributed by atoms with E-state index in [0.717, 1.165) is 5.69 Å². The monoisotopic (exact) mass is 261 g/mol. The maximum atomic E-state index is 12.1. The Balaban J connectivity index is 1.83. The van der Waals surface area contributed by atoms with Gasteiger partial charge in [0, 0.05) is 24.5 Å². The summed E-state index contributed by atoms with van der Waals surface area (Å²) in [4.78, 5) is 13.8. The smallest absolute Gasteiger partial charge is 0.240 e. The number of nitrogens with one attached hydrogen (secondary N) is 1. The van der Waals surface area contributed by atoms with Crippen LogP contribution in [0.5, 0.6) is 0 Å². The van der Waals surface area contributed by atoms with Crippen molar-refractivity contribution in [3.63, 3.8) is 0 Å². The van der Waals surface area contributed by atoms with Crippen molar-refractivity contribution < 1.29 is 4.79 Å². The van der Waals surface area contributed by atoms with Crippen LogP contribution in [0.1, 0.15) is 32.1 Å². The van der Waals surface area contributed by atoms with E-state index in [4.69, 9.17) is 5.73 Å². The summed E-state index contributed by atoms with van der Waals surface area (Å²) in [7, 11) is 1.80. The molecule has 0 spiro atoms. The van der Waals surface area contributed by atoms with Crippen LogP contribution >= 0.6 is 0 Å². The van der Waals surface area contributed by atoms with Crippen LogP contribution in [-0.4, -0.2) is 25.5 Å². The molecule has 1 aromatic rings. The molecule has 0 aliphatic heterocycles. The Hall–Kier alpha value is -1.55. The minimum atomic E-state index is 0.0929. The quantitative estimate of drug-likeness (QED) is 0.817. The molecule has 0 bridgehead atoms. The molecule has 19 heavy (non-hydrogen) atoms. The molecule has 0 unspecified atom stereocenters. The highest BCUT2D eigenvalue weighted by Gasteiger charge is 2.16. The lowest BCUT2D eigenvalue weighted by atomic mass is 9.95. The van der Waals surface area contributed by atoms with Gasteiger partial charge in [-0.25, -0.2) is 0 Å². The summed E-state index contributed by atoms with van der Waals surface area (Å²) in [6, 6.07) is 7.88. The number of likely N-dealkylation sites (N-methyl/N-ethyl adjacent to an activating group) is 1. The van der Waals surface area contributed by atoms with Crippen LogP contribution in [0.25, 0.3) is 0 Å². The Morgan fingerprint density at radius 1 is 1.26 bits per heavy atom. The van der Waals surface area contributed by atoms with Crippen molar-refractivity contribution in [3.05, 3.63) is 24.3 Å². The number of carbonyl (C=O) groups is 1. The first kappa shape index (κ1) is 13.9. The molecular formula is C15H23N3O. The number of hydrogen-bond donors (Lipinski definition) is 2. The van der Waals surface area contributed by atoms with E-state index in [1.54, 1.807) is 11.9 Å². The second-order valence-electron chi connectivity index (χ2n) is 5.26. The third kappa shape index (κ3) is 3.96. The first-order valence-corrected chi connectivity index (χ1v) is 7.02. The highest BCUT2D eigenvalue weighted by atomic mass is 16.2. The van der Waals surface area contributed by atoms with Crippen molar-refractivity contribution in [2.24, 2.45) is 0 Å². The largest absolute Gasteiger partial charge is 0.399 e. The molecule has 104 valence electrons. The molecular weight excluding hydrogens is 238 g/mol. The van der Waals surface area contributed by atoms with Gasteiger partial charge >= 0.3 is 0 Å². The molecule has 0 heterocycles. The van der Waals surface area contributed by atoms with Gasteiger partial charge in [0.1, 0.15) is 0 Å². The second kappa shape index (κ2) is 6.57. The maximum Gasteiger partial charge on any atom is 0.240 e. The lowest BCUT2D eigenvalue weighted by molar-refractivity contribution is -0.117. The van der Waals surface area contributed by atoms with Crippen LogP contribution < -0.4 is 16.0 Å². The third-order valence-corrected chi connectivity index (χ3v) is 3.80. The lowest BCUT2D eigenvalue weighted by Gasteiger charge is -2.24. The van der Waals surface area contributed by atoms with E-state index in [-0.39, 0.29) is 5.91 Å². The number of benzene rings is 1. The molecule has 0 atom stereocenters. The fourth-order valence-electron chi connectivity index (χ4n) is 2.50. The van der Waals surface area contributed by atoms with Crippen LogP contribution in [0.15, 0.2) is 24.3 Å². The van der Waals surface area contributed by atoms with Crippen molar-refractivity contribution in [2.75, 3.05) is 24.2 Å². The van der Waals surface area contributed by atoms with E-state index in [0.29, 0.717) is 18.3 Å². The van der Waals surface area contributed by atoms with Gasteiger partial charge in [-0.2, -0.15) is 0 Å². The maximum absolute atomic E-state index is 12.1. The molecule has 1 amide bonds. The Morgan fingerprint density at radius 3 is 2.53 bits per heavy atom. The molecule has 4 heteroatoms. The summed E-state index contributed by atoms with van der Waals surface area (Å²) in [5, 5.41) is 3.37. The predicted octanol–water partition coefficient (Wildman–Crippen LogP) is 2.15. The van der Waals surface area contributed by atoms with Gasteiger partial charge < -0.3 is 16.0 Å². The molecule has 0 aromatic heterocycles. The Bertz CT molecular complexity index is 410. The van der Waals surface area contributed by atoms with Crippen LogP contribution in [0.4, 0.5) is 11.4 Å². The summed E-state index contributed by atoms with van der Waals surface area (Å²) < 4.78 is 0. The van der Waals surface area contributed by atoms with Crippen LogP contribution in [0.3, 0.4) is 0 Å². The number of carbonyl (C=O) groups excluding carboxylic acids is 1. The average molecular weight is 261 g/mol. The highest BCUT2D eigenvalue weighted by Crippen LogP contribution is 2.18. The zero-order chi connectivity index (χ0) is 13.7. The molecule has 0 radical (unpaired) electrons. The molecule has 0 saturated heterocycles. The average Bonchev–Trinajstić information content (AvgIpc) is 2.46. The molecule has 1 aliphatic carbocycles. The van der Waals surface area contributed by atoms with Crippen LogP contribution in [0.2, 0.25) is 0 Å². The van der Waals surface area contributed by atoms with Gasteiger partial charge in [0.25, 0.3) is 0 Å². The van der Waals surface area contributed by atoms with E-state index in [2.05, 4.69) is 5.32 Å². The van der Waals surface area contributed by atoms with Crippen LogP contribution in [0, 0.1) is 0 Å². The van der Waals surface area contributed by atoms with E-state index in [1.165, 1.54) is 32.1 Å². The van der Waals surface area contributed by atoms with Crippen molar-refractivity contribution in [3.8, 4) is 0 Å². The number of anilines is 2. The molecule has 2 rings (SSSR count). The number of nitrogen functional groups attached to an aromatic ring is 1.